The molecule has 0 heterocycles. The molecule has 0 aliphatic rings. The van der Waals surface area contributed by atoms with Crippen LogP contribution in [0.4, 0.5) is 5.69 Å². The van der Waals surface area contributed by atoms with E-state index in [1.54, 1.807) is 24.3 Å². The zero-order valence-electron chi connectivity index (χ0n) is 18.1. The first-order valence-electron chi connectivity index (χ1n) is 10.5. The molecule has 1 atom stereocenters. The number of carbonyl (C=O) groups is 2. The molecule has 0 bridgehead atoms. The molecule has 0 saturated heterocycles. The van der Waals surface area contributed by atoms with Crippen LogP contribution in [-0.4, -0.2) is 38.2 Å². The van der Waals surface area contributed by atoms with Crippen molar-refractivity contribution >= 4 is 17.5 Å². The van der Waals surface area contributed by atoms with E-state index in [0.29, 0.717) is 36.9 Å². The molecule has 0 fully saturated rings. The molecular weight excluding hydrogens is 380 g/mol. The van der Waals surface area contributed by atoms with Crippen LogP contribution in [0.3, 0.4) is 0 Å². The number of ether oxygens (including phenoxy) is 2. The molecule has 2 aromatic rings. The number of anilines is 1. The fraction of sp³-hybridized carbons (Fsp3) is 0.417. The van der Waals surface area contributed by atoms with Crippen molar-refractivity contribution < 1.29 is 19.1 Å². The molecule has 0 saturated carbocycles. The van der Waals surface area contributed by atoms with E-state index < -0.39 is 0 Å². The number of amides is 2. The fourth-order valence-electron chi connectivity index (χ4n) is 2.94. The Kier molecular flexibility index (Phi) is 9.87. The molecule has 30 heavy (non-hydrogen) atoms. The first-order valence-corrected chi connectivity index (χ1v) is 10.5. The van der Waals surface area contributed by atoms with Gasteiger partial charge in [0, 0.05) is 31.0 Å². The normalized spacial score (nSPS) is 11.6. The summed E-state index contributed by atoms with van der Waals surface area (Å²) in [5, 5.41) is 5.64. The number of hydrogen-bond donors (Lipinski definition) is 2. The van der Waals surface area contributed by atoms with E-state index in [1.807, 2.05) is 31.2 Å². The van der Waals surface area contributed by atoms with Crippen molar-refractivity contribution in [3.8, 4) is 5.75 Å². The molecule has 0 radical (unpaired) electrons. The molecule has 0 spiro atoms. The molecule has 0 aromatic heterocycles. The van der Waals surface area contributed by atoms with Crippen molar-refractivity contribution in [2.24, 2.45) is 0 Å². The molecule has 6 heteroatoms. The van der Waals surface area contributed by atoms with Crippen LogP contribution < -0.4 is 15.4 Å². The van der Waals surface area contributed by atoms with E-state index in [9.17, 15) is 9.59 Å². The first kappa shape index (κ1) is 23.4. The smallest absolute Gasteiger partial charge is 0.262 e. The molecule has 2 N–H and O–H groups in total. The van der Waals surface area contributed by atoms with Crippen molar-refractivity contribution in [3.63, 3.8) is 0 Å². The van der Waals surface area contributed by atoms with Crippen LogP contribution in [0.5, 0.6) is 5.75 Å². The predicted octanol–water partition coefficient (Wildman–Crippen LogP) is 4.37. The summed E-state index contributed by atoms with van der Waals surface area (Å²) in [7, 11) is 0. The number of nitrogens with one attached hydrogen (secondary N) is 2. The molecule has 162 valence electrons. The van der Waals surface area contributed by atoms with E-state index >= 15 is 0 Å². The minimum atomic E-state index is -0.275. The lowest BCUT2D eigenvalue weighted by Gasteiger charge is -2.15. The molecule has 2 aromatic carbocycles. The van der Waals surface area contributed by atoms with Crippen LogP contribution in [0, 0.1) is 0 Å². The van der Waals surface area contributed by atoms with Crippen molar-refractivity contribution in [1.82, 2.24) is 5.32 Å². The van der Waals surface area contributed by atoms with Gasteiger partial charge in [-0.2, -0.15) is 0 Å². The van der Waals surface area contributed by atoms with Crippen molar-refractivity contribution in [3.05, 3.63) is 59.7 Å². The van der Waals surface area contributed by atoms with Gasteiger partial charge in [0.25, 0.3) is 11.8 Å². The third-order valence-corrected chi connectivity index (χ3v) is 4.78. The van der Waals surface area contributed by atoms with E-state index in [2.05, 4.69) is 24.5 Å². The van der Waals surface area contributed by atoms with Crippen molar-refractivity contribution in [2.45, 2.75) is 39.5 Å². The number of para-hydroxylation sites is 1. The van der Waals surface area contributed by atoms with E-state index in [4.69, 9.17) is 9.47 Å². The Morgan fingerprint density at radius 2 is 1.87 bits per heavy atom. The average molecular weight is 413 g/mol. The molecule has 2 amide bonds. The highest BCUT2D eigenvalue weighted by molar-refractivity contribution is 5.97. The largest absolute Gasteiger partial charge is 0.483 e. The standard InChI is InChI=1S/C24H32N2O4/c1-4-18(3)21-12-6-7-13-22(21)30-17-23(27)26-20-11-8-10-19(16-20)24(28)25-14-9-15-29-5-2/h6-8,10-13,16,18H,4-5,9,14-15,17H2,1-3H3,(H,25,28)(H,26,27). The van der Waals surface area contributed by atoms with E-state index in [-0.39, 0.29) is 18.4 Å². The van der Waals surface area contributed by atoms with Gasteiger partial charge in [0.1, 0.15) is 5.75 Å². The van der Waals surface area contributed by atoms with Crippen LogP contribution >= 0.6 is 0 Å². The maximum atomic E-state index is 12.3. The second-order valence-corrected chi connectivity index (χ2v) is 7.07. The van der Waals surface area contributed by atoms with Crippen LogP contribution in [-0.2, 0) is 9.53 Å². The van der Waals surface area contributed by atoms with Gasteiger partial charge in [-0.3, -0.25) is 9.59 Å². The summed E-state index contributed by atoms with van der Waals surface area (Å²) >= 11 is 0. The number of benzene rings is 2. The topological polar surface area (TPSA) is 76.7 Å². The third-order valence-electron chi connectivity index (χ3n) is 4.78. The number of carbonyl (C=O) groups excluding carboxylic acids is 2. The summed E-state index contributed by atoms with van der Waals surface area (Å²) in [4.78, 5) is 24.6. The molecule has 6 nitrogen and oxygen atoms in total. The average Bonchev–Trinajstić information content (AvgIpc) is 2.77. The summed E-state index contributed by atoms with van der Waals surface area (Å²) in [6.07, 6.45) is 1.75. The second kappa shape index (κ2) is 12.6. The summed E-state index contributed by atoms with van der Waals surface area (Å²) in [6, 6.07) is 14.6. The lowest BCUT2D eigenvalue weighted by molar-refractivity contribution is -0.118. The Morgan fingerprint density at radius 1 is 1.07 bits per heavy atom. The molecule has 2 rings (SSSR count). The SMILES string of the molecule is CCOCCCNC(=O)c1cccc(NC(=O)COc2ccccc2C(C)CC)c1. The first-order chi connectivity index (χ1) is 14.5. The van der Waals surface area contributed by atoms with Gasteiger partial charge in [-0.1, -0.05) is 38.1 Å². The highest BCUT2D eigenvalue weighted by Crippen LogP contribution is 2.28. The fourth-order valence-corrected chi connectivity index (χ4v) is 2.94. The van der Waals surface area contributed by atoms with Gasteiger partial charge in [0.05, 0.1) is 0 Å². The maximum Gasteiger partial charge on any atom is 0.262 e. The highest BCUT2D eigenvalue weighted by atomic mass is 16.5. The minimum absolute atomic E-state index is 0.0959. The second-order valence-electron chi connectivity index (χ2n) is 7.07. The van der Waals surface area contributed by atoms with Gasteiger partial charge in [0.2, 0.25) is 0 Å². The van der Waals surface area contributed by atoms with Crippen molar-refractivity contribution in [2.75, 3.05) is 31.7 Å². The summed E-state index contributed by atoms with van der Waals surface area (Å²) in [6.45, 7) is 7.93. The number of rotatable bonds is 12. The lowest BCUT2D eigenvalue weighted by Crippen LogP contribution is -2.25. The molecular formula is C24H32N2O4. The van der Waals surface area contributed by atoms with E-state index in [1.165, 1.54) is 0 Å². The minimum Gasteiger partial charge on any atom is -0.483 e. The van der Waals surface area contributed by atoms with Gasteiger partial charge < -0.3 is 20.1 Å². The summed E-state index contributed by atoms with van der Waals surface area (Å²) < 4.78 is 11.0. The Hall–Kier alpha value is -2.86. The van der Waals surface area contributed by atoms with Crippen molar-refractivity contribution in [1.29, 1.82) is 0 Å². The maximum absolute atomic E-state index is 12.3. The number of hydrogen-bond acceptors (Lipinski definition) is 4. The quantitative estimate of drug-likeness (QED) is 0.508. The zero-order chi connectivity index (χ0) is 21.8. The van der Waals surface area contributed by atoms with Crippen LogP contribution in [0.2, 0.25) is 0 Å². The Morgan fingerprint density at radius 3 is 2.63 bits per heavy atom. The van der Waals surface area contributed by atoms with Crippen LogP contribution in [0.15, 0.2) is 48.5 Å². The Labute approximate surface area is 179 Å². The van der Waals surface area contributed by atoms with Gasteiger partial charge in [-0.05, 0) is 55.5 Å². The predicted molar refractivity (Wildman–Crippen MR) is 119 cm³/mol. The highest BCUT2D eigenvalue weighted by Gasteiger charge is 2.12. The third kappa shape index (κ3) is 7.52. The lowest BCUT2D eigenvalue weighted by atomic mass is 9.98. The van der Waals surface area contributed by atoms with Crippen LogP contribution in [0.25, 0.3) is 0 Å². The Bertz CT molecular complexity index is 822. The van der Waals surface area contributed by atoms with Gasteiger partial charge in [-0.15, -0.1) is 0 Å². The van der Waals surface area contributed by atoms with Crippen LogP contribution in [0.1, 0.15) is 55.5 Å². The van der Waals surface area contributed by atoms with Gasteiger partial charge >= 0.3 is 0 Å². The Balaban J connectivity index is 1.87. The molecule has 1 unspecified atom stereocenters. The summed E-state index contributed by atoms with van der Waals surface area (Å²) in [5.41, 5.74) is 2.14. The molecule has 0 aliphatic carbocycles. The zero-order valence-corrected chi connectivity index (χ0v) is 18.1. The summed E-state index contributed by atoms with van der Waals surface area (Å²) in [5.74, 6) is 0.625. The van der Waals surface area contributed by atoms with Gasteiger partial charge in [0.15, 0.2) is 6.61 Å². The molecule has 0 aliphatic heterocycles. The van der Waals surface area contributed by atoms with E-state index in [0.717, 1.165) is 24.2 Å². The monoisotopic (exact) mass is 412 g/mol. The van der Waals surface area contributed by atoms with Gasteiger partial charge in [-0.25, -0.2) is 0 Å².